The summed E-state index contributed by atoms with van der Waals surface area (Å²) in [4.78, 5) is 18.3. The van der Waals surface area contributed by atoms with Crippen molar-refractivity contribution in [1.29, 1.82) is 0 Å². The molecular formula is C18H19BrN2O2. The van der Waals surface area contributed by atoms with Crippen LogP contribution in [0.2, 0.25) is 0 Å². The number of piperidine rings is 1. The van der Waals surface area contributed by atoms with Crippen molar-refractivity contribution in [3.8, 4) is 5.88 Å². The molecule has 3 rings (SSSR count). The average molecular weight is 375 g/mol. The largest absolute Gasteiger partial charge is 0.477 e. The maximum atomic E-state index is 12.1. The minimum absolute atomic E-state index is 0.227. The van der Waals surface area contributed by atoms with Crippen molar-refractivity contribution < 1.29 is 9.53 Å². The highest BCUT2D eigenvalue weighted by Gasteiger charge is 2.26. The summed E-state index contributed by atoms with van der Waals surface area (Å²) >= 11 is 3.34. The zero-order valence-electron chi connectivity index (χ0n) is 12.8. The third-order valence-corrected chi connectivity index (χ3v) is 4.41. The molecule has 1 unspecified atom stereocenters. The van der Waals surface area contributed by atoms with E-state index in [-0.39, 0.29) is 5.91 Å². The molecule has 0 spiro atoms. The van der Waals surface area contributed by atoms with Crippen molar-refractivity contribution in [3.05, 3.63) is 58.7 Å². The molecule has 0 radical (unpaired) electrons. The van der Waals surface area contributed by atoms with Crippen molar-refractivity contribution in [2.75, 3.05) is 13.2 Å². The van der Waals surface area contributed by atoms with Gasteiger partial charge in [0, 0.05) is 31.5 Å². The first kappa shape index (κ1) is 16.0. The number of nitrogens with zero attached hydrogens (tertiary/aromatic N) is 2. The zero-order chi connectivity index (χ0) is 16.1. The number of halogens is 1. The molecule has 0 saturated carbocycles. The lowest BCUT2D eigenvalue weighted by Gasteiger charge is -2.32. The summed E-state index contributed by atoms with van der Waals surface area (Å²) in [6.45, 7) is 2.00. The summed E-state index contributed by atoms with van der Waals surface area (Å²) in [7, 11) is 0. The monoisotopic (exact) mass is 374 g/mol. The van der Waals surface area contributed by atoms with Crippen LogP contribution in [-0.4, -0.2) is 28.9 Å². The van der Waals surface area contributed by atoms with Gasteiger partial charge in [0.1, 0.15) is 4.60 Å². The maximum Gasteiger partial charge on any atom is 0.222 e. The molecule has 0 bridgehead atoms. The van der Waals surface area contributed by atoms with E-state index >= 15 is 0 Å². The van der Waals surface area contributed by atoms with Crippen molar-refractivity contribution in [2.45, 2.75) is 19.4 Å². The molecule has 2 heterocycles. The minimum Gasteiger partial charge on any atom is -0.477 e. The van der Waals surface area contributed by atoms with Gasteiger partial charge in [0.15, 0.2) is 0 Å². The van der Waals surface area contributed by atoms with Crippen LogP contribution in [0.25, 0.3) is 0 Å². The van der Waals surface area contributed by atoms with Crippen LogP contribution in [-0.2, 0) is 11.3 Å². The summed E-state index contributed by atoms with van der Waals surface area (Å²) in [6.07, 6.45) is 1.46. The van der Waals surface area contributed by atoms with Crippen molar-refractivity contribution in [1.82, 2.24) is 9.88 Å². The molecule has 120 valence electrons. The molecule has 5 heteroatoms. The van der Waals surface area contributed by atoms with Crippen LogP contribution >= 0.6 is 15.9 Å². The molecular weight excluding hydrogens is 356 g/mol. The van der Waals surface area contributed by atoms with E-state index in [2.05, 4.69) is 33.0 Å². The molecule has 0 aliphatic carbocycles. The molecule has 1 fully saturated rings. The molecule has 0 N–H and O–H groups in total. The van der Waals surface area contributed by atoms with Crippen LogP contribution in [0, 0.1) is 5.92 Å². The number of rotatable bonds is 5. The molecule has 1 atom stereocenters. The summed E-state index contributed by atoms with van der Waals surface area (Å²) in [5.41, 5.74) is 1.16. The fourth-order valence-electron chi connectivity index (χ4n) is 2.76. The Labute approximate surface area is 144 Å². The summed E-state index contributed by atoms with van der Waals surface area (Å²) in [5.74, 6) is 1.19. The second-order valence-corrected chi connectivity index (χ2v) is 6.59. The van der Waals surface area contributed by atoms with Gasteiger partial charge in [-0.05, 0) is 34.0 Å². The molecule has 1 amide bonds. The Morgan fingerprint density at radius 2 is 2.00 bits per heavy atom. The van der Waals surface area contributed by atoms with Crippen molar-refractivity contribution in [3.63, 3.8) is 0 Å². The van der Waals surface area contributed by atoms with E-state index in [1.54, 1.807) is 0 Å². The highest BCUT2D eigenvalue weighted by molar-refractivity contribution is 9.10. The normalized spacial score (nSPS) is 18.0. The first-order chi connectivity index (χ1) is 11.2. The van der Waals surface area contributed by atoms with E-state index < -0.39 is 0 Å². The molecule has 1 aliphatic rings. The number of hydrogen-bond donors (Lipinski definition) is 0. The van der Waals surface area contributed by atoms with E-state index in [0.717, 1.165) is 23.1 Å². The standard InChI is InChI=1S/C18H19BrN2O2/c19-16-7-4-8-17(20-16)23-13-15-9-10-18(22)21(12-15)11-14-5-2-1-3-6-14/h1-8,15H,9-13H2. The van der Waals surface area contributed by atoms with E-state index in [1.165, 1.54) is 0 Å². The van der Waals surface area contributed by atoms with Gasteiger partial charge in [-0.1, -0.05) is 36.4 Å². The number of aromatic nitrogens is 1. The van der Waals surface area contributed by atoms with Crippen LogP contribution in [0.4, 0.5) is 0 Å². The Morgan fingerprint density at radius 3 is 2.78 bits per heavy atom. The number of carbonyl (C=O) groups is 1. The number of benzene rings is 1. The van der Waals surface area contributed by atoms with E-state index in [4.69, 9.17) is 4.74 Å². The van der Waals surface area contributed by atoms with Crippen LogP contribution < -0.4 is 4.74 Å². The lowest BCUT2D eigenvalue weighted by Crippen LogP contribution is -2.41. The smallest absolute Gasteiger partial charge is 0.222 e. The number of ether oxygens (including phenoxy) is 1. The van der Waals surface area contributed by atoms with E-state index in [9.17, 15) is 4.79 Å². The predicted octanol–water partition coefficient (Wildman–Crippen LogP) is 3.66. The first-order valence-corrected chi connectivity index (χ1v) is 8.57. The van der Waals surface area contributed by atoms with Gasteiger partial charge in [0.2, 0.25) is 11.8 Å². The van der Waals surface area contributed by atoms with Gasteiger partial charge >= 0.3 is 0 Å². The van der Waals surface area contributed by atoms with Crippen molar-refractivity contribution >= 4 is 21.8 Å². The third kappa shape index (κ3) is 4.55. The fourth-order valence-corrected chi connectivity index (χ4v) is 3.08. The number of pyridine rings is 1. The second-order valence-electron chi connectivity index (χ2n) is 5.77. The molecule has 2 aromatic rings. The third-order valence-electron chi connectivity index (χ3n) is 3.97. The number of hydrogen-bond acceptors (Lipinski definition) is 3. The van der Waals surface area contributed by atoms with Crippen LogP contribution in [0.1, 0.15) is 18.4 Å². The van der Waals surface area contributed by atoms with Gasteiger partial charge in [-0.25, -0.2) is 4.98 Å². The van der Waals surface area contributed by atoms with Crippen LogP contribution in [0.3, 0.4) is 0 Å². The summed E-state index contributed by atoms with van der Waals surface area (Å²) < 4.78 is 6.54. The molecule has 23 heavy (non-hydrogen) atoms. The van der Waals surface area contributed by atoms with Crippen molar-refractivity contribution in [2.24, 2.45) is 5.92 Å². The van der Waals surface area contributed by atoms with E-state index in [0.29, 0.717) is 31.4 Å². The second kappa shape index (κ2) is 7.59. The van der Waals surface area contributed by atoms with Gasteiger partial charge in [0.25, 0.3) is 0 Å². The van der Waals surface area contributed by atoms with Crippen LogP contribution in [0.15, 0.2) is 53.1 Å². The first-order valence-electron chi connectivity index (χ1n) is 7.78. The van der Waals surface area contributed by atoms with Gasteiger partial charge in [-0.15, -0.1) is 0 Å². The molecule has 1 aromatic carbocycles. The number of carbonyl (C=O) groups excluding carboxylic acids is 1. The zero-order valence-corrected chi connectivity index (χ0v) is 14.4. The Hall–Kier alpha value is -1.88. The molecule has 1 saturated heterocycles. The number of likely N-dealkylation sites (tertiary alicyclic amines) is 1. The minimum atomic E-state index is 0.227. The Bertz CT molecular complexity index is 663. The lowest BCUT2D eigenvalue weighted by atomic mass is 9.98. The predicted molar refractivity (Wildman–Crippen MR) is 92.0 cm³/mol. The Balaban J connectivity index is 1.56. The summed E-state index contributed by atoms with van der Waals surface area (Å²) in [5, 5.41) is 0. The fraction of sp³-hybridized carbons (Fsp3) is 0.333. The molecule has 1 aromatic heterocycles. The van der Waals surface area contributed by atoms with Gasteiger partial charge < -0.3 is 9.64 Å². The maximum absolute atomic E-state index is 12.1. The highest BCUT2D eigenvalue weighted by Crippen LogP contribution is 2.21. The topological polar surface area (TPSA) is 42.4 Å². The number of amides is 1. The van der Waals surface area contributed by atoms with Gasteiger partial charge in [-0.3, -0.25) is 4.79 Å². The van der Waals surface area contributed by atoms with E-state index in [1.807, 2.05) is 41.3 Å². The van der Waals surface area contributed by atoms with Crippen LogP contribution in [0.5, 0.6) is 5.88 Å². The molecule has 1 aliphatic heterocycles. The van der Waals surface area contributed by atoms with Gasteiger partial charge in [0.05, 0.1) is 6.61 Å². The quantitative estimate of drug-likeness (QED) is 0.749. The Morgan fingerprint density at radius 1 is 1.17 bits per heavy atom. The summed E-state index contributed by atoms with van der Waals surface area (Å²) in [6, 6.07) is 15.7. The highest BCUT2D eigenvalue weighted by atomic mass is 79.9. The molecule has 4 nitrogen and oxygen atoms in total. The average Bonchev–Trinajstić information content (AvgIpc) is 2.57. The van der Waals surface area contributed by atoms with Gasteiger partial charge in [-0.2, -0.15) is 0 Å². The Kier molecular flexibility index (Phi) is 5.28. The lowest BCUT2D eigenvalue weighted by molar-refractivity contribution is -0.135. The SMILES string of the molecule is O=C1CCC(COc2cccc(Br)n2)CN1Cc1ccccc1.